The van der Waals surface area contributed by atoms with E-state index in [-0.39, 0.29) is 11.5 Å². The molecule has 0 heterocycles. The highest BCUT2D eigenvalue weighted by molar-refractivity contribution is 9.11. The molecule has 2 rings (SSSR count). The van der Waals surface area contributed by atoms with E-state index in [1.165, 1.54) is 5.57 Å². The van der Waals surface area contributed by atoms with Crippen LogP contribution in [0.25, 0.3) is 0 Å². The predicted molar refractivity (Wildman–Crippen MR) is 83.3 cm³/mol. The lowest BCUT2D eigenvalue weighted by molar-refractivity contribution is 0.312. The largest absolute Gasteiger partial charge is 0.296 e. The Bertz CT molecular complexity index is 628. The lowest BCUT2D eigenvalue weighted by Gasteiger charge is -2.06. The first-order valence-corrected chi connectivity index (χ1v) is 8.69. The molecule has 0 atom stereocenters. The van der Waals surface area contributed by atoms with Gasteiger partial charge in [0.15, 0.2) is 0 Å². The van der Waals surface area contributed by atoms with Gasteiger partial charge in [0, 0.05) is 4.48 Å². The van der Waals surface area contributed by atoms with Gasteiger partial charge in [0.1, 0.15) is 0 Å². The van der Waals surface area contributed by atoms with Crippen molar-refractivity contribution in [3.05, 3.63) is 52.0 Å². The first-order valence-electron chi connectivity index (χ1n) is 6.48. The minimum absolute atomic E-state index is 0.213. The number of hydrogen-bond donors (Lipinski definition) is 0. The zero-order chi connectivity index (χ0) is 14.6. The molecule has 20 heavy (non-hydrogen) atoms. The molecular formula is C15H17BrO3S. The highest BCUT2D eigenvalue weighted by Crippen LogP contribution is 2.25. The van der Waals surface area contributed by atoms with E-state index in [0.29, 0.717) is 6.42 Å². The van der Waals surface area contributed by atoms with E-state index >= 15 is 0 Å². The third-order valence-electron chi connectivity index (χ3n) is 3.09. The Morgan fingerprint density at radius 1 is 1.25 bits per heavy atom. The van der Waals surface area contributed by atoms with Gasteiger partial charge in [-0.2, -0.15) is 8.42 Å². The fourth-order valence-corrected chi connectivity index (χ4v) is 3.38. The highest BCUT2D eigenvalue weighted by atomic mass is 79.9. The molecular weight excluding hydrogens is 340 g/mol. The smallest absolute Gasteiger partial charge is 0.266 e. The van der Waals surface area contributed by atoms with Crippen LogP contribution in [-0.4, -0.2) is 15.0 Å². The standard InChI is InChI=1S/C15H17BrO3S/c1-12-4-8-15(9-5-12)20(17,18)19-10-2-3-13-6-7-14(16)11-13/h4-5,7-9,11H,2-3,6,10H2,1H3. The summed E-state index contributed by atoms with van der Waals surface area (Å²) in [4.78, 5) is 0.215. The molecule has 0 N–H and O–H groups in total. The van der Waals surface area contributed by atoms with Gasteiger partial charge in [-0.05, 0) is 44.4 Å². The lowest BCUT2D eigenvalue weighted by atomic mass is 10.1. The van der Waals surface area contributed by atoms with Crippen LogP contribution < -0.4 is 0 Å². The van der Waals surface area contributed by atoms with Gasteiger partial charge in [0.05, 0.1) is 11.5 Å². The minimum Gasteiger partial charge on any atom is -0.266 e. The van der Waals surface area contributed by atoms with Crippen LogP contribution in [0.4, 0.5) is 0 Å². The van der Waals surface area contributed by atoms with E-state index in [1.807, 2.05) is 6.92 Å². The number of hydrogen-bond acceptors (Lipinski definition) is 3. The minimum atomic E-state index is -3.63. The van der Waals surface area contributed by atoms with Crippen molar-refractivity contribution in [1.82, 2.24) is 0 Å². The van der Waals surface area contributed by atoms with Crippen LogP contribution in [0, 0.1) is 6.92 Å². The molecule has 1 aromatic carbocycles. The quantitative estimate of drug-likeness (QED) is 0.569. The molecule has 0 saturated carbocycles. The molecule has 3 nitrogen and oxygen atoms in total. The number of aryl methyl sites for hydroxylation is 1. The molecule has 0 amide bonds. The van der Waals surface area contributed by atoms with Gasteiger partial charge in [-0.25, -0.2) is 0 Å². The third-order valence-corrected chi connectivity index (χ3v) is 4.97. The maximum Gasteiger partial charge on any atom is 0.296 e. The summed E-state index contributed by atoms with van der Waals surface area (Å²) in [6.45, 7) is 2.13. The summed E-state index contributed by atoms with van der Waals surface area (Å²) < 4.78 is 30.0. The second kappa shape index (κ2) is 6.70. The predicted octanol–water partition coefficient (Wildman–Crippen LogP) is 4.09. The van der Waals surface area contributed by atoms with E-state index < -0.39 is 10.1 Å². The molecule has 0 radical (unpaired) electrons. The normalized spacial score (nSPS) is 15.1. The number of allylic oxidation sites excluding steroid dienone is 4. The Hall–Kier alpha value is -0.910. The Morgan fingerprint density at radius 3 is 2.55 bits per heavy atom. The summed E-state index contributed by atoms with van der Waals surface area (Å²) in [6.07, 6.45) is 6.67. The summed E-state index contributed by atoms with van der Waals surface area (Å²) in [6, 6.07) is 6.68. The zero-order valence-electron chi connectivity index (χ0n) is 11.3. The monoisotopic (exact) mass is 356 g/mol. The van der Waals surface area contributed by atoms with E-state index in [4.69, 9.17) is 4.18 Å². The molecule has 0 aliphatic heterocycles. The maximum absolute atomic E-state index is 11.9. The molecule has 5 heteroatoms. The number of halogens is 1. The summed E-state index contributed by atoms with van der Waals surface area (Å²) >= 11 is 3.41. The van der Waals surface area contributed by atoms with Gasteiger partial charge in [-0.1, -0.05) is 45.3 Å². The van der Waals surface area contributed by atoms with E-state index in [9.17, 15) is 8.42 Å². The van der Waals surface area contributed by atoms with Crippen molar-refractivity contribution in [2.45, 2.75) is 31.1 Å². The van der Waals surface area contributed by atoms with Gasteiger partial charge < -0.3 is 0 Å². The van der Waals surface area contributed by atoms with E-state index in [0.717, 1.165) is 22.9 Å². The van der Waals surface area contributed by atoms with Gasteiger partial charge >= 0.3 is 0 Å². The topological polar surface area (TPSA) is 43.4 Å². The Balaban J connectivity index is 1.81. The van der Waals surface area contributed by atoms with Crippen LogP contribution in [-0.2, 0) is 14.3 Å². The second-order valence-corrected chi connectivity index (χ2v) is 7.32. The average Bonchev–Trinajstić information content (AvgIpc) is 2.81. The molecule has 0 bridgehead atoms. The van der Waals surface area contributed by atoms with E-state index in [2.05, 4.69) is 28.1 Å². The van der Waals surface area contributed by atoms with E-state index in [1.54, 1.807) is 24.3 Å². The Morgan fingerprint density at radius 2 is 1.95 bits per heavy atom. The zero-order valence-corrected chi connectivity index (χ0v) is 13.7. The molecule has 0 unspecified atom stereocenters. The highest BCUT2D eigenvalue weighted by Gasteiger charge is 2.14. The fourth-order valence-electron chi connectivity index (χ4n) is 1.96. The molecule has 1 aromatic rings. The third kappa shape index (κ3) is 4.30. The second-order valence-electron chi connectivity index (χ2n) is 4.79. The van der Waals surface area contributed by atoms with Crippen molar-refractivity contribution < 1.29 is 12.6 Å². The van der Waals surface area contributed by atoms with Gasteiger partial charge in [0.2, 0.25) is 0 Å². The SMILES string of the molecule is Cc1ccc(S(=O)(=O)OCCCC2=CC(Br)=CC2)cc1. The van der Waals surface area contributed by atoms with Crippen LogP contribution >= 0.6 is 15.9 Å². The Kier molecular flexibility index (Phi) is 5.18. The van der Waals surface area contributed by atoms with Crippen molar-refractivity contribution >= 4 is 26.0 Å². The summed E-state index contributed by atoms with van der Waals surface area (Å²) in [5.41, 5.74) is 2.32. The van der Waals surface area contributed by atoms with Gasteiger partial charge in [-0.3, -0.25) is 4.18 Å². The molecule has 108 valence electrons. The first kappa shape index (κ1) is 15.5. The Labute approximate surface area is 128 Å². The van der Waals surface area contributed by atoms with Crippen LogP contribution in [0.15, 0.2) is 51.4 Å². The molecule has 1 aliphatic rings. The number of benzene rings is 1. The summed E-state index contributed by atoms with van der Waals surface area (Å²) in [5.74, 6) is 0. The van der Waals surface area contributed by atoms with Crippen molar-refractivity contribution in [3.63, 3.8) is 0 Å². The lowest BCUT2D eigenvalue weighted by Crippen LogP contribution is -2.07. The molecule has 0 aromatic heterocycles. The average molecular weight is 357 g/mol. The van der Waals surface area contributed by atoms with Gasteiger partial charge in [-0.15, -0.1) is 0 Å². The number of rotatable bonds is 6. The van der Waals surface area contributed by atoms with Crippen molar-refractivity contribution in [2.24, 2.45) is 0 Å². The van der Waals surface area contributed by atoms with Crippen LogP contribution in [0.5, 0.6) is 0 Å². The van der Waals surface area contributed by atoms with Crippen molar-refractivity contribution in [2.75, 3.05) is 6.61 Å². The van der Waals surface area contributed by atoms with Crippen LogP contribution in [0.2, 0.25) is 0 Å². The molecule has 0 spiro atoms. The first-order chi connectivity index (χ1) is 9.47. The maximum atomic E-state index is 11.9. The fraction of sp³-hybridized carbons (Fsp3) is 0.333. The van der Waals surface area contributed by atoms with Crippen molar-refractivity contribution in [3.8, 4) is 0 Å². The summed E-state index contributed by atoms with van der Waals surface area (Å²) in [5, 5.41) is 0. The van der Waals surface area contributed by atoms with Crippen LogP contribution in [0.3, 0.4) is 0 Å². The van der Waals surface area contributed by atoms with Crippen molar-refractivity contribution in [1.29, 1.82) is 0 Å². The van der Waals surface area contributed by atoms with Gasteiger partial charge in [0.25, 0.3) is 10.1 Å². The molecule has 0 fully saturated rings. The van der Waals surface area contributed by atoms with Crippen LogP contribution in [0.1, 0.15) is 24.8 Å². The summed E-state index contributed by atoms with van der Waals surface area (Å²) in [7, 11) is -3.63. The molecule has 1 aliphatic carbocycles. The molecule has 0 saturated heterocycles.